The van der Waals surface area contributed by atoms with Crippen LogP contribution in [0.2, 0.25) is 0 Å². The summed E-state index contributed by atoms with van der Waals surface area (Å²) in [7, 11) is 0. The van der Waals surface area contributed by atoms with Crippen LogP contribution in [0.25, 0.3) is 0 Å². The van der Waals surface area contributed by atoms with Crippen LogP contribution < -0.4 is 5.32 Å². The lowest BCUT2D eigenvalue weighted by molar-refractivity contribution is -0.0783. The van der Waals surface area contributed by atoms with Gasteiger partial charge in [-0.15, -0.1) is 10.2 Å². The maximum absolute atomic E-state index is 12.9. The van der Waals surface area contributed by atoms with E-state index in [2.05, 4.69) is 20.5 Å². The van der Waals surface area contributed by atoms with Crippen molar-refractivity contribution in [1.82, 2.24) is 30.4 Å². The van der Waals surface area contributed by atoms with Crippen LogP contribution in [0.1, 0.15) is 84.7 Å². The number of alkyl carbamates (subject to hydrolysis) is 1. The molecule has 1 spiro atoms. The van der Waals surface area contributed by atoms with Gasteiger partial charge in [-0.2, -0.15) is 0 Å². The molecule has 1 saturated carbocycles. The number of piperidine rings is 1. The zero-order chi connectivity index (χ0) is 26.9. The van der Waals surface area contributed by atoms with E-state index in [-0.39, 0.29) is 35.7 Å². The molecule has 37 heavy (non-hydrogen) atoms. The molecule has 4 aliphatic rings. The third-order valence-electron chi connectivity index (χ3n) is 6.82. The largest absolute Gasteiger partial charge is 0.444 e. The number of hydroxylamine groups is 2. The van der Waals surface area contributed by atoms with Crippen LogP contribution in [0, 0.1) is 5.41 Å². The molecule has 0 radical (unpaired) electrons. The number of carbonyl (C=O) groups is 3. The molecule has 2 bridgehead atoms. The van der Waals surface area contributed by atoms with Gasteiger partial charge in [-0.1, -0.05) is 0 Å². The number of rotatable bonds is 2. The average Bonchev–Trinajstić information content (AvgIpc) is 3.10. The van der Waals surface area contributed by atoms with Crippen molar-refractivity contribution >= 4 is 24.2 Å². The van der Waals surface area contributed by atoms with Crippen LogP contribution in [0.15, 0.2) is 9.41 Å². The van der Waals surface area contributed by atoms with Crippen LogP contribution in [-0.2, 0) is 9.47 Å². The number of guanidine groups is 1. The smallest absolute Gasteiger partial charge is 0.417 e. The maximum atomic E-state index is 12.9. The van der Waals surface area contributed by atoms with Crippen molar-refractivity contribution in [2.75, 3.05) is 13.1 Å². The van der Waals surface area contributed by atoms with Gasteiger partial charge in [0.1, 0.15) is 23.3 Å². The van der Waals surface area contributed by atoms with Gasteiger partial charge >= 0.3 is 18.2 Å². The molecule has 3 aliphatic heterocycles. The van der Waals surface area contributed by atoms with Gasteiger partial charge in [-0.05, 0) is 66.2 Å². The Labute approximate surface area is 213 Å². The second-order valence-electron chi connectivity index (χ2n) is 12.0. The van der Waals surface area contributed by atoms with Crippen LogP contribution in [0.4, 0.5) is 14.4 Å². The first-order valence-corrected chi connectivity index (χ1v) is 12.4. The summed E-state index contributed by atoms with van der Waals surface area (Å²) in [6.45, 7) is 10.7. The van der Waals surface area contributed by atoms with Gasteiger partial charge in [-0.3, -0.25) is 10.5 Å². The zero-order valence-electron chi connectivity index (χ0n) is 21.8. The third kappa shape index (κ3) is 4.81. The minimum absolute atomic E-state index is 0.00851. The summed E-state index contributed by atoms with van der Waals surface area (Å²) in [5.41, 5.74) is -1.67. The van der Waals surface area contributed by atoms with Crippen molar-refractivity contribution in [2.45, 2.75) is 90.1 Å². The van der Waals surface area contributed by atoms with Crippen molar-refractivity contribution < 1.29 is 33.5 Å². The quantitative estimate of drug-likeness (QED) is 0.559. The number of hydrogen-bond donors (Lipinski definition) is 2. The van der Waals surface area contributed by atoms with Gasteiger partial charge in [0, 0.05) is 6.54 Å². The van der Waals surface area contributed by atoms with E-state index in [1.54, 1.807) is 46.4 Å². The number of amides is 4. The second kappa shape index (κ2) is 8.30. The number of carbonyl (C=O) groups excluding carboxylic acids is 3. The van der Waals surface area contributed by atoms with Crippen molar-refractivity contribution in [2.24, 2.45) is 10.4 Å². The van der Waals surface area contributed by atoms with Gasteiger partial charge in [0.15, 0.2) is 0 Å². The molecule has 2 N–H and O–H groups in total. The molecule has 4 heterocycles. The number of hydrogen-bond acceptors (Lipinski definition) is 10. The molecule has 1 aromatic rings. The van der Waals surface area contributed by atoms with Crippen molar-refractivity contribution in [3.05, 3.63) is 11.8 Å². The summed E-state index contributed by atoms with van der Waals surface area (Å²) < 4.78 is 16.8. The normalized spacial score (nSPS) is 26.5. The van der Waals surface area contributed by atoms with Crippen molar-refractivity contribution in [1.29, 1.82) is 0 Å². The van der Waals surface area contributed by atoms with Gasteiger partial charge in [0.05, 0.1) is 12.6 Å². The first kappa shape index (κ1) is 25.2. The lowest BCUT2D eigenvalue weighted by Gasteiger charge is -2.34. The molecule has 1 aliphatic carbocycles. The molecule has 14 heteroatoms. The highest BCUT2D eigenvalue weighted by molar-refractivity contribution is 6.02. The van der Waals surface area contributed by atoms with E-state index in [0.717, 1.165) is 17.9 Å². The molecule has 0 aromatic carbocycles. The predicted octanol–water partition coefficient (Wildman–Crippen LogP) is 2.96. The highest BCUT2D eigenvalue weighted by Crippen LogP contribution is 2.61. The molecular formula is C23H33N7O7. The third-order valence-corrected chi connectivity index (χ3v) is 6.82. The van der Waals surface area contributed by atoms with E-state index in [1.807, 2.05) is 0 Å². The Morgan fingerprint density at radius 3 is 2.32 bits per heavy atom. The summed E-state index contributed by atoms with van der Waals surface area (Å²) in [5.74, 6) is 0.316. The molecule has 202 valence electrons. The number of aliphatic imine (C=N–C) groups is 1. The molecular weight excluding hydrogens is 486 g/mol. The SMILES string of the molecule is CC(C)(C)OC(=O)NC1=N[C@H](c2nnc([C@@H]3CC4(CC4)[C@@H]4CN3C(=O)N4O)o2)CN1C(=O)OC(C)(C)C. The van der Waals surface area contributed by atoms with Gasteiger partial charge in [0.2, 0.25) is 17.7 Å². The van der Waals surface area contributed by atoms with Gasteiger partial charge < -0.3 is 18.8 Å². The monoisotopic (exact) mass is 519 g/mol. The van der Waals surface area contributed by atoms with Crippen LogP contribution in [0.5, 0.6) is 0 Å². The Balaban J connectivity index is 1.37. The molecule has 5 rings (SSSR count). The number of aromatic nitrogens is 2. The number of nitrogens with zero attached hydrogens (tertiary/aromatic N) is 6. The van der Waals surface area contributed by atoms with Crippen molar-refractivity contribution in [3.8, 4) is 0 Å². The maximum Gasteiger partial charge on any atom is 0.417 e. The zero-order valence-corrected chi connectivity index (χ0v) is 21.8. The van der Waals surface area contributed by atoms with E-state index < -0.39 is 41.5 Å². The standard InChI is InChI=1S/C23H33N7O7/c1-21(2,3)36-18(31)25-17-24-12(10-29(17)20(33)37-22(4,5)6)15-26-27-16(35-15)13-9-23(7-8-23)14-11-28(13)19(32)30(14)34/h12-14,34H,7-11H2,1-6H3,(H,24,25,31)/t12-,13-,14-/m0/s1. The van der Waals surface area contributed by atoms with E-state index in [0.29, 0.717) is 13.0 Å². The summed E-state index contributed by atoms with van der Waals surface area (Å²) in [5, 5.41) is 22.0. The summed E-state index contributed by atoms with van der Waals surface area (Å²) >= 11 is 0. The van der Waals surface area contributed by atoms with Gasteiger partial charge in [0.25, 0.3) is 0 Å². The molecule has 2 saturated heterocycles. The summed E-state index contributed by atoms with van der Waals surface area (Å²) in [4.78, 5) is 45.1. The number of nitrogens with one attached hydrogen (secondary N) is 1. The van der Waals surface area contributed by atoms with E-state index in [9.17, 15) is 19.6 Å². The van der Waals surface area contributed by atoms with E-state index in [1.165, 1.54) is 4.90 Å². The topological polar surface area (TPSA) is 163 Å². The highest BCUT2D eigenvalue weighted by atomic mass is 16.6. The lowest BCUT2D eigenvalue weighted by Crippen LogP contribution is -2.47. The first-order chi connectivity index (χ1) is 17.2. The van der Waals surface area contributed by atoms with E-state index >= 15 is 0 Å². The van der Waals surface area contributed by atoms with Crippen LogP contribution in [-0.4, -0.2) is 84.8 Å². The fourth-order valence-electron chi connectivity index (χ4n) is 5.01. The number of urea groups is 1. The van der Waals surface area contributed by atoms with Crippen molar-refractivity contribution in [3.63, 3.8) is 0 Å². The molecule has 4 amide bonds. The minimum Gasteiger partial charge on any atom is -0.444 e. The fourth-order valence-corrected chi connectivity index (χ4v) is 5.01. The first-order valence-electron chi connectivity index (χ1n) is 12.4. The predicted molar refractivity (Wildman–Crippen MR) is 125 cm³/mol. The molecule has 3 fully saturated rings. The molecule has 14 nitrogen and oxygen atoms in total. The van der Waals surface area contributed by atoms with E-state index in [4.69, 9.17) is 13.9 Å². The Morgan fingerprint density at radius 2 is 1.70 bits per heavy atom. The minimum atomic E-state index is -0.778. The van der Waals surface area contributed by atoms with Gasteiger partial charge in [-0.25, -0.2) is 29.3 Å². The summed E-state index contributed by atoms with van der Waals surface area (Å²) in [6, 6.07) is -1.93. The van der Waals surface area contributed by atoms with Crippen LogP contribution >= 0.6 is 0 Å². The Hall–Kier alpha value is -3.42. The Kier molecular flexibility index (Phi) is 5.66. The number of fused-ring (bicyclic) bond motifs is 3. The Morgan fingerprint density at radius 1 is 1.05 bits per heavy atom. The van der Waals surface area contributed by atoms with Crippen LogP contribution in [0.3, 0.4) is 0 Å². The lowest BCUT2D eigenvalue weighted by atomic mass is 9.85. The molecule has 3 atom stereocenters. The molecule has 1 aromatic heterocycles. The average molecular weight is 520 g/mol. The second-order valence-corrected chi connectivity index (χ2v) is 12.0. The highest BCUT2D eigenvalue weighted by Gasteiger charge is 2.63. The summed E-state index contributed by atoms with van der Waals surface area (Å²) in [6.07, 6.45) is 0.977. The molecule has 0 unspecified atom stereocenters. The number of ether oxygens (including phenoxy) is 2. The Bertz CT molecular complexity index is 1150. The fraction of sp³-hybridized carbons (Fsp3) is 0.739.